The second-order valence-electron chi connectivity index (χ2n) is 7.63. The number of ether oxygens (including phenoxy) is 1. The first-order valence-electron chi connectivity index (χ1n) is 9.28. The van der Waals surface area contributed by atoms with Crippen LogP contribution in [0, 0.1) is 11.6 Å². The first-order chi connectivity index (χ1) is 14.1. The van der Waals surface area contributed by atoms with E-state index in [-0.39, 0.29) is 30.4 Å². The van der Waals surface area contributed by atoms with Crippen molar-refractivity contribution < 1.29 is 28.2 Å². The summed E-state index contributed by atoms with van der Waals surface area (Å²) in [6.45, 7) is 3.63. The lowest BCUT2D eigenvalue weighted by atomic mass is 10.1. The van der Waals surface area contributed by atoms with Crippen molar-refractivity contribution in [2.75, 3.05) is 6.61 Å². The number of aromatic nitrogens is 1. The zero-order valence-electron chi connectivity index (χ0n) is 16.2. The Labute approximate surface area is 169 Å². The number of hydrogen-bond donors (Lipinski definition) is 2. The minimum atomic E-state index is -1.01. The predicted octanol–water partition coefficient (Wildman–Crippen LogP) is 1.35. The number of pyridine rings is 1. The Morgan fingerprint density at radius 3 is 2.80 bits per heavy atom. The maximum atomic E-state index is 13.8. The predicted molar refractivity (Wildman–Crippen MR) is 99.9 cm³/mol. The number of carbonyl (C=O) groups is 2. The van der Waals surface area contributed by atoms with Crippen LogP contribution in [0.25, 0.3) is 0 Å². The normalized spacial score (nSPS) is 22.6. The summed E-state index contributed by atoms with van der Waals surface area (Å²) >= 11 is 0. The molecule has 2 aliphatic heterocycles. The molecule has 0 unspecified atom stereocenters. The highest BCUT2D eigenvalue weighted by atomic mass is 19.1. The molecule has 1 fully saturated rings. The Morgan fingerprint density at radius 2 is 2.10 bits per heavy atom. The maximum absolute atomic E-state index is 13.8. The van der Waals surface area contributed by atoms with Gasteiger partial charge in [-0.15, -0.1) is 0 Å². The molecule has 0 spiro atoms. The number of benzene rings is 1. The molecule has 2 N–H and O–H groups in total. The third kappa shape index (κ3) is 3.04. The number of rotatable bonds is 3. The Hall–Kier alpha value is -3.27. The molecule has 4 rings (SSSR count). The highest BCUT2D eigenvalue weighted by molar-refractivity contribution is 5.99. The molecule has 0 saturated carbocycles. The van der Waals surface area contributed by atoms with E-state index in [1.54, 1.807) is 13.8 Å². The standard InChI is InChI=1S/C20H19F2N3O5/c1-10-8-30-20(2)9-24-7-13(16(26)17(27)15(24)19(29)25(10)20)18(28)23-6-11-3-4-12(21)5-14(11)22/h3-5,7,10,27H,6,8-9H2,1-2H3,(H,23,28)/t10-,20+/m0/s1. The van der Waals surface area contributed by atoms with E-state index >= 15 is 0 Å². The van der Waals surface area contributed by atoms with E-state index in [1.807, 2.05) is 0 Å². The fourth-order valence-corrected chi connectivity index (χ4v) is 3.97. The van der Waals surface area contributed by atoms with Gasteiger partial charge in [-0.2, -0.15) is 0 Å². The smallest absolute Gasteiger partial charge is 0.277 e. The molecule has 2 amide bonds. The molecule has 0 aliphatic carbocycles. The first kappa shape index (κ1) is 20.0. The minimum Gasteiger partial charge on any atom is -0.503 e. The quantitative estimate of drug-likeness (QED) is 0.782. The molecule has 0 radical (unpaired) electrons. The van der Waals surface area contributed by atoms with Crippen LogP contribution in [0.15, 0.2) is 29.2 Å². The fraction of sp³-hybridized carbons (Fsp3) is 0.350. The SMILES string of the molecule is C[C@H]1CO[C@]2(C)Cn3cc(C(=O)NCc4ccc(F)cc4F)c(=O)c(O)c3C(=O)N12. The molecule has 8 nitrogen and oxygen atoms in total. The average Bonchev–Trinajstić information content (AvgIpc) is 2.98. The van der Waals surface area contributed by atoms with Gasteiger partial charge < -0.3 is 24.6 Å². The highest BCUT2D eigenvalue weighted by Gasteiger charge is 2.50. The van der Waals surface area contributed by atoms with Gasteiger partial charge in [0.2, 0.25) is 5.43 Å². The van der Waals surface area contributed by atoms with E-state index in [0.29, 0.717) is 12.7 Å². The van der Waals surface area contributed by atoms with Crippen LogP contribution in [-0.4, -0.2) is 44.8 Å². The lowest BCUT2D eigenvalue weighted by Gasteiger charge is -2.41. The van der Waals surface area contributed by atoms with E-state index in [4.69, 9.17) is 4.74 Å². The summed E-state index contributed by atoms with van der Waals surface area (Å²) in [5, 5.41) is 12.8. The molecule has 1 aromatic carbocycles. The zero-order chi connectivity index (χ0) is 21.8. The zero-order valence-corrected chi connectivity index (χ0v) is 16.2. The van der Waals surface area contributed by atoms with Crippen LogP contribution in [0.1, 0.15) is 40.3 Å². The van der Waals surface area contributed by atoms with Gasteiger partial charge in [0.1, 0.15) is 17.2 Å². The van der Waals surface area contributed by atoms with Crippen LogP contribution in [0.3, 0.4) is 0 Å². The van der Waals surface area contributed by atoms with Crippen molar-refractivity contribution in [1.82, 2.24) is 14.8 Å². The summed E-state index contributed by atoms with van der Waals surface area (Å²) in [7, 11) is 0. The lowest BCUT2D eigenvalue weighted by Crippen LogP contribution is -2.56. The Morgan fingerprint density at radius 1 is 1.37 bits per heavy atom. The average molecular weight is 419 g/mol. The van der Waals surface area contributed by atoms with Crippen LogP contribution in [0.5, 0.6) is 5.75 Å². The molecule has 158 valence electrons. The van der Waals surface area contributed by atoms with Crippen molar-refractivity contribution in [2.45, 2.75) is 38.7 Å². The van der Waals surface area contributed by atoms with Crippen molar-refractivity contribution >= 4 is 11.8 Å². The molecule has 1 saturated heterocycles. The van der Waals surface area contributed by atoms with Gasteiger partial charge in [0.25, 0.3) is 11.8 Å². The van der Waals surface area contributed by atoms with Crippen molar-refractivity contribution in [3.8, 4) is 5.75 Å². The first-order valence-corrected chi connectivity index (χ1v) is 9.28. The van der Waals surface area contributed by atoms with Crippen LogP contribution >= 0.6 is 0 Å². The van der Waals surface area contributed by atoms with Crippen LogP contribution in [0.2, 0.25) is 0 Å². The topological polar surface area (TPSA) is 101 Å². The number of nitrogens with zero attached hydrogens (tertiary/aromatic N) is 2. The Balaban J connectivity index is 1.65. The number of nitrogens with one attached hydrogen (secondary N) is 1. The maximum Gasteiger partial charge on any atom is 0.277 e. The second-order valence-corrected chi connectivity index (χ2v) is 7.63. The Bertz CT molecular complexity index is 1130. The minimum absolute atomic E-state index is 0.0266. The third-order valence-electron chi connectivity index (χ3n) is 5.43. The van der Waals surface area contributed by atoms with E-state index in [2.05, 4.69) is 5.32 Å². The van der Waals surface area contributed by atoms with Crippen LogP contribution in [-0.2, 0) is 17.8 Å². The van der Waals surface area contributed by atoms with Crippen molar-refractivity contribution in [3.63, 3.8) is 0 Å². The number of carbonyl (C=O) groups excluding carboxylic acids is 2. The molecular formula is C20H19F2N3O5. The highest BCUT2D eigenvalue weighted by Crippen LogP contribution is 2.36. The summed E-state index contributed by atoms with van der Waals surface area (Å²) in [6.07, 6.45) is 1.18. The van der Waals surface area contributed by atoms with E-state index in [0.717, 1.165) is 6.07 Å². The number of hydrogen-bond acceptors (Lipinski definition) is 5. The summed E-state index contributed by atoms with van der Waals surface area (Å²) in [6, 6.07) is 2.67. The lowest BCUT2D eigenvalue weighted by molar-refractivity contribution is -0.0752. The molecule has 30 heavy (non-hydrogen) atoms. The van der Waals surface area contributed by atoms with Crippen LogP contribution in [0.4, 0.5) is 8.78 Å². The summed E-state index contributed by atoms with van der Waals surface area (Å²) in [5.74, 6) is -3.86. The fourth-order valence-electron chi connectivity index (χ4n) is 3.97. The number of amides is 2. The Kier molecular flexibility index (Phi) is 4.61. The van der Waals surface area contributed by atoms with Gasteiger partial charge in [0.15, 0.2) is 17.2 Å². The van der Waals surface area contributed by atoms with Crippen molar-refractivity contribution in [3.05, 3.63) is 63.1 Å². The number of aromatic hydroxyl groups is 1. The van der Waals surface area contributed by atoms with Gasteiger partial charge in [-0.05, 0) is 19.9 Å². The molecule has 3 heterocycles. The van der Waals surface area contributed by atoms with Gasteiger partial charge >= 0.3 is 0 Å². The van der Waals surface area contributed by atoms with E-state index < -0.39 is 45.9 Å². The van der Waals surface area contributed by atoms with Gasteiger partial charge in [0, 0.05) is 24.4 Å². The van der Waals surface area contributed by atoms with Gasteiger partial charge in [-0.1, -0.05) is 6.07 Å². The van der Waals surface area contributed by atoms with E-state index in [1.165, 1.54) is 21.7 Å². The third-order valence-corrected chi connectivity index (χ3v) is 5.43. The summed E-state index contributed by atoms with van der Waals surface area (Å²) < 4.78 is 33.8. The second kappa shape index (κ2) is 6.91. The number of halogens is 2. The molecule has 1 aromatic heterocycles. The summed E-state index contributed by atoms with van der Waals surface area (Å²) in [4.78, 5) is 39.5. The monoisotopic (exact) mass is 419 g/mol. The molecular weight excluding hydrogens is 400 g/mol. The van der Waals surface area contributed by atoms with Gasteiger partial charge in [0.05, 0.1) is 19.2 Å². The van der Waals surface area contributed by atoms with Gasteiger partial charge in [-0.3, -0.25) is 14.4 Å². The molecule has 10 heteroatoms. The molecule has 2 atom stereocenters. The molecule has 2 aliphatic rings. The van der Waals surface area contributed by atoms with E-state index in [9.17, 15) is 28.3 Å². The van der Waals surface area contributed by atoms with Crippen molar-refractivity contribution in [2.24, 2.45) is 0 Å². The van der Waals surface area contributed by atoms with Crippen molar-refractivity contribution in [1.29, 1.82) is 0 Å². The van der Waals surface area contributed by atoms with Gasteiger partial charge in [-0.25, -0.2) is 8.78 Å². The number of fused-ring (bicyclic) bond motifs is 2. The molecule has 2 aromatic rings. The summed E-state index contributed by atoms with van der Waals surface area (Å²) in [5.41, 5.74) is -2.58. The molecule has 0 bridgehead atoms. The largest absolute Gasteiger partial charge is 0.503 e. The van der Waals surface area contributed by atoms with Crippen LogP contribution < -0.4 is 10.7 Å².